The molecule has 118 valence electrons. The van der Waals surface area contributed by atoms with Crippen LogP contribution < -0.4 is 5.62 Å². The third kappa shape index (κ3) is 3.01. The highest BCUT2D eigenvalue weighted by atomic mass is 79.9. The molecule has 23 heavy (non-hydrogen) atoms. The Bertz CT molecular complexity index is 920. The summed E-state index contributed by atoms with van der Waals surface area (Å²) in [4.78, 5) is 17.2. The molecule has 3 aromatic rings. The fourth-order valence-electron chi connectivity index (χ4n) is 2.73. The first-order valence-corrected chi connectivity index (χ1v) is 8.34. The SMILES string of the molecule is CCN=c1n(C)c2ccccc2n1CC(=O)c1ccc(Br)cc1. The first-order valence-electron chi connectivity index (χ1n) is 7.55. The summed E-state index contributed by atoms with van der Waals surface area (Å²) >= 11 is 3.39. The van der Waals surface area contributed by atoms with E-state index in [1.165, 1.54) is 0 Å². The van der Waals surface area contributed by atoms with Gasteiger partial charge >= 0.3 is 0 Å². The zero-order chi connectivity index (χ0) is 16.4. The van der Waals surface area contributed by atoms with Crippen LogP contribution in [-0.4, -0.2) is 21.5 Å². The van der Waals surface area contributed by atoms with Crippen molar-refractivity contribution in [3.05, 3.63) is 64.2 Å². The van der Waals surface area contributed by atoms with Gasteiger partial charge in [0.2, 0.25) is 5.62 Å². The molecule has 1 aromatic heterocycles. The minimum atomic E-state index is 0.0754. The number of benzene rings is 2. The maximum atomic E-state index is 12.6. The number of nitrogens with zero attached hydrogens (tertiary/aromatic N) is 3. The molecule has 0 saturated heterocycles. The van der Waals surface area contributed by atoms with Crippen LogP contribution in [0.15, 0.2) is 58.0 Å². The largest absolute Gasteiger partial charge is 0.313 e. The van der Waals surface area contributed by atoms with Crippen LogP contribution in [-0.2, 0) is 13.6 Å². The Morgan fingerprint density at radius 2 is 1.74 bits per heavy atom. The van der Waals surface area contributed by atoms with E-state index >= 15 is 0 Å². The van der Waals surface area contributed by atoms with Crippen LogP contribution in [0.5, 0.6) is 0 Å². The molecular formula is C18H18BrN3O. The Morgan fingerprint density at radius 3 is 2.39 bits per heavy atom. The van der Waals surface area contributed by atoms with Gasteiger partial charge in [0, 0.05) is 23.6 Å². The minimum absolute atomic E-state index is 0.0754. The van der Waals surface area contributed by atoms with Gasteiger partial charge in [0.15, 0.2) is 5.78 Å². The topological polar surface area (TPSA) is 39.3 Å². The summed E-state index contributed by atoms with van der Waals surface area (Å²) in [5.74, 6) is 0.0754. The van der Waals surface area contributed by atoms with E-state index in [9.17, 15) is 4.79 Å². The van der Waals surface area contributed by atoms with Crippen molar-refractivity contribution in [1.82, 2.24) is 9.13 Å². The number of halogens is 1. The quantitative estimate of drug-likeness (QED) is 0.646. The van der Waals surface area contributed by atoms with Gasteiger partial charge in [-0.05, 0) is 31.2 Å². The molecule has 0 unspecified atom stereocenters. The summed E-state index contributed by atoms with van der Waals surface area (Å²) in [6.07, 6.45) is 0. The van der Waals surface area contributed by atoms with E-state index in [2.05, 4.69) is 20.9 Å². The van der Waals surface area contributed by atoms with Crippen LogP contribution in [0.25, 0.3) is 11.0 Å². The molecule has 3 rings (SSSR count). The zero-order valence-electron chi connectivity index (χ0n) is 13.2. The van der Waals surface area contributed by atoms with Gasteiger partial charge in [0.25, 0.3) is 0 Å². The molecule has 0 amide bonds. The molecule has 0 spiro atoms. The lowest BCUT2D eigenvalue weighted by Crippen LogP contribution is -2.27. The number of hydrogen-bond donors (Lipinski definition) is 0. The second-order valence-corrected chi connectivity index (χ2v) is 6.25. The minimum Gasteiger partial charge on any atom is -0.313 e. The van der Waals surface area contributed by atoms with Crippen LogP contribution >= 0.6 is 15.9 Å². The molecule has 2 aromatic carbocycles. The van der Waals surface area contributed by atoms with Crippen LogP contribution in [0, 0.1) is 0 Å². The second-order valence-electron chi connectivity index (χ2n) is 5.34. The van der Waals surface area contributed by atoms with E-state index in [-0.39, 0.29) is 12.3 Å². The molecule has 0 aliphatic rings. The van der Waals surface area contributed by atoms with Gasteiger partial charge in [0.05, 0.1) is 17.6 Å². The number of fused-ring (bicyclic) bond motifs is 1. The number of carbonyl (C=O) groups is 1. The van der Waals surface area contributed by atoms with E-state index in [1.54, 1.807) is 0 Å². The molecule has 0 radical (unpaired) electrons. The van der Waals surface area contributed by atoms with E-state index in [0.29, 0.717) is 12.1 Å². The fourth-order valence-corrected chi connectivity index (χ4v) is 3.00. The molecule has 0 fully saturated rings. The highest BCUT2D eigenvalue weighted by Crippen LogP contribution is 2.14. The van der Waals surface area contributed by atoms with Gasteiger partial charge in [-0.3, -0.25) is 9.79 Å². The number of rotatable bonds is 4. The Morgan fingerprint density at radius 1 is 1.09 bits per heavy atom. The number of imidazole rings is 1. The summed E-state index contributed by atoms with van der Waals surface area (Å²) in [5.41, 5.74) is 3.62. The number of hydrogen-bond acceptors (Lipinski definition) is 2. The molecule has 0 saturated carbocycles. The van der Waals surface area contributed by atoms with E-state index in [1.807, 2.05) is 71.6 Å². The average Bonchev–Trinajstić information content (AvgIpc) is 2.82. The van der Waals surface area contributed by atoms with Crippen molar-refractivity contribution in [2.24, 2.45) is 12.0 Å². The predicted molar refractivity (Wildman–Crippen MR) is 95.5 cm³/mol. The van der Waals surface area contributed by atoms with Crippen molar-refractivity contribution in [1.29, 1.82) is 0 Å². The van der Waals surface area contributed by atoms with Crippen molar-refractivity contribution in [2.75, 3.05) is 6.54 Å². The number of Topliss-reactive ketones (excluding diaryl/α,β-unsaturated/α-hetero) is 1. The van der Waals surface area contributed by atoms with Crippen molar-refractivity contribution in [3.63, 3.8) is 0 Å². The molecule has 0 aliphatic heterocycles. The summed E-state index contributed by atoms with van der Waals surface area (Å²) in [5, 5.41) is 0. The summed E-state index contributed by atoms with van der Waals surface area (Å²) in [6.45, 7) is 2.96. The Kier molecular flexibility index (Phi) is 4.48. The van der Waals surface area contributed by atoms with Crippen LogP contribution in [0.4, 0.5) is 0 Å². The highest BCUT2D eigenvalue weighted by molar-refractivity contribution is 9.10. The molecule has 0 N–H and O–H groups in total. The Hall–Kier alpha value is -2.14. The van der Waals surface area contributed by atoms with Gasteiger partial charge in [-0.25, -0.2) is 0 Å². The Balaban J connectivity index is 2.09. The van der Waals surface area contributed by atoms with Crippen molar-refractivity contribution in [2.45, 2.75) is 13.5 Å². The van der Waals surface area contributed by atoms with Gasteiger partial charge < -0.3 is 9.13 Å². The lowest BCUT2D eigenvalue weighted by Gasteiger charge is -2.05. The lowest BCUT2D eigenvalue weighted by atomic mass is 10.1. The molecule has 0 bridgehead atoms. The van der Waals surface area contributed by atoms with Crippen molar-refractivity contribution >= 4 is 32.7 Å². The van der Waals surface area contributed by atoms with Gasteiger partial charge in [-0.2, -0.15) is 0 Å². The highest BCUT2D eigenvalue weighted by Gasteiger charge is 2.13. The van der Waals surface area contributed by atoms with Gasteiger partial charge in [-0.1, -0.05) is 40.2 Å². The summed E-state index contributed by atoms with van der Waals surface area (Å²) < 4.78 is 4.99. The average molecular weight is 372 g/mol. The molecule has 0 aliphatic carbocycles. The standard InChI is InChI=1S/C18H18BrN3O/c1-3-20-18-21(2)15-6-4-5-7-16(15)22(18)12-17(23)13-8-10-14(19)11-9-13/h4-11H,3,12H2,1-2H3. The molecule has 5 heteroatoms. The summed E-state index contributed by atoms with van der Waals surface area (Å²) in [6, 6.07) is 15.5. The number of ketones is 1. The van der Waals surface area contributed by atoms with Crippen molar-refractivity contribution < 1.29 is 4.79 Å². The molecular weight excluding hydrogens is 354 g/mol. The van der Waals surface area contributed by atoms with Gasteiger partial charge in [0.1, 0.15) is 0 Å². The zero-order valence-corrected chi connectivity index (χ0v) is 14.7. The number of aromatic nitrogens is 2. The Labute approximate surface area is 143 Å². The third-order valence-corrected chi connectivity index (χ3v) is 4.37. The second kappa shape index (κ2) is 6.54. The van der Waals surface area contributed by atoms with Crippen LogP contribution in [0.2, 0.25) is 0 Å². The van der Waals surface area contributed by atoms with E-state index < -0.39 is 0 Å². The maximum absolute atomic E-state index is 12.6. The van der Waals surface area contributed by atoms with E-state index in [4.69, 9.17) is 0 Å². The first kappa shape index (κ1) is 15.7. The number of carbonyl (C=O) groups excluding carboxylic acids is 1. The number of para-hydroxylation sites is 2. The third-order valence-electron chi connectivity index (χ3n) is 3.84. The van der Waals surface area contributed by atoms with Crippen molar-refractivity contribution in [3.8, 4) is 0 Å². The summed E-state index contributed by atoms with van der Waals surface area (Å²) in [7, 11) is 1.98. The monoisotopic (exact) mass is 371 g/mol. The first-order chi connectivity index (χ1) is 11.1. The van der Waals surface area contributed by atoms with Crippen LogP contribution in [0.1, 0.15) is 17.3 Å². The normalized spacial score (nSPS) is 12.0. The number of aryl methyl sites for hydroxylation is 1. The predicted octanol–water partition coefficient (Wildman–Crippen LogP) is 3.55. The molecule has 1 heterocycles. The maximum Gasteiger partial charge on any atom is 0.206 e. The fraction of sp³-hybridized carbons (Fsp3) is 0.222. The van der Waals surface area contributed by atoms with Crippen LogP contribution in [0.3, 0.4) is 0 Å². The lowest BCUT2D eigenvalue weighted by molar-refractivity contribution is 0.0971. The molecule has 0 atom stereocenters. The molecule has 4 nitrogen and oxygen atoms in total. The van der Waals surface area contributed by atoms with E-state index in [0.717, 1.165) is 21.1 Å². The smallest absolute Gasteiger partial charge is 0.206 e. The van der Waals surface area contributed by atoms with Gasteiger partial charge in [-0.15, -0.1) is 0 Å².